The highest BCUT2D eigenvalue weighted by Crippen LogP contribution is 2.33. The average molecular weight is 412 g/mol. The lowest BCUT2D eigenvalue weighted by Crippen LogP contribution is -2.45. The maximum atomic E-state index is 12.4. The number of benzene rings is 1. The predicted octanol–water partition coefficient (Wildman–Crippen LogP) is 2.06. The summed E-state index contributed by atoms with van der Waals surface area (Å²) in [4.78, 5) is 26.7. The molecule has 0 bridgehead atoms. The van der Waals surface area contributed by atoms with E-state index in [0.717, 1.165) is 29.9 Å². The van der Waals surface area contributed by atoms with Gasteiger partial charge in [-0.25, -0.2) is 4.68 Å². The van der Waals surface area contributed by atoms with Crippen molar-refractivity contribution in [1.82, 2.24) is 25.2 Å². The van der Waals surface area contributed by atoms with Crippen LogP contribution in [0.25, 0.3) is 0 Å². The number of fused-ring (bicyclic) bond motifs is 1. The van der Waals surface area contributed by atoms with E-state index in [1.165, 1.54) is 0 Å². The third kappa shape index (κ3) is 4.23. The molecule has 160 valence electrons. The molecular weight excluding hydrogens is 382 g/mol. The summed E-state index contributed by atoms with van der Waals surface area (Å²) >= 11 is 0. The molecule has 1 aromatic heterocycles. The number of rotatable bonds is 5. The fourth-order valence-corrected chi connectivity index (χ4v) is 4.17. The maximum Gasteiger partial charge on any atom is 0.251 e. The van der Waals surface area contributed by atoms with Crippen molar-refractivity contribution in [2.45, 2.75) is 58.9 Å². The minimum absolute atomic E-state index is 0.135. The Balaban J connectivity index is 1.38. The van der Waals surface area contributed by atoms with Crippen molar-refractivity contribution in [2.24, 2.45) is 5.92 Å². The molecule has 2 aromatic rings. The first-order valence-electron chi connectivity index (χ1n) is 10.5. The molecule has 0 saturated carbocycles. The summed E-state index contributed by atoms with van der Waals surface area (Å²) in [6.07, 6.45) is 1.37. The summed E-state index contributed by atoms with van der Waals surface area (Å²) < 4.78 is 8.11. The van der Waals surface area contributed by atoms with Crippen LogP contribution in [0.5, 0.6) is 0 Å². The van der Waals surface area contributed by atoms with Crippen molar-refractivity contribution in [3.05, 3.63) is 46.8 Å². The first-order valence-corrected chi connectivity index (χ1v) is 10.5. The molecule has 1 N–H and O–H groups in total. The number of likely N-dealkylation sites (tertiary alicyclic amines) is 1. The van der Waals surface area contributed by atoms with Crippen molar-refractivity contribution in [1.29, 1.82) is 0 Å². The number of nitrogens with zero attached hydrogens (tertiary/aromatic N) is 4. The van der Waals surface area contributed by atoms with Gasteiger partial charge in [0.05, 0.1) is 31.9 Å². The van der Waals surface area contributed by atoms with Crippen molar-refractivity contribution in [3.8, 4) is 0 Å². The Kier molecular flexibility index (Phi) is 5.60. The molecule has 8 heteroatoms. The predicted molar refractivity (Wildman–Crippen MR) is 111 cm³/mol. The van der Waals surface area contributed by atoms with Gasteiger partial charge in [-0.05, 0) is 31.4 Å². The molecule has 1 spiro atoms. The molecule has 2 amide bonds. The van der Waals surface area contributed by atoms with Gasteiger partial charge in [-0.15, -0.1) is 5.10 Å². The summed E-state index contributed by atoms with van der Waals surface area (Å²) in [5, 5.41) is 11.5. The summed E-state index contributed by atoms with van der Waals surface area (Å²) in [6, 6.07) is 7.48. The van der Waals surface area contributed by atoms with E-state index in [1.807, 2.05) is 34.7 Å². The van der Waals surface area contributed by atoms with Crippen molar-refractivity contribution >= 4 is 11.8 Å². The molecule has 3 heterocycles. The van der Waals surface area contributed by atoms with Gasteiger partial charge in [0.1, 0.15) is 11.3 Å². The quantitative estimate of drug-likeness (QED) is 0.814. The number of amides is 2. The van der Waals surface area contributed by atoms with Crippen LogP contribution >= 0.6 is 0 Å². The van der Waals surface area contributed by atoms with E-state index in [9.17, 15) is 9.59 Å². The molecule has 2 aliphatic heterocycles. The van der Waals surface area contributed by atoms with Gasteiger partial charge in [-0.3, -0.25) is 9.59 Å². The largest absolute Gasteiger partial charge is 0.365 e. The van der Waals surface area contributed by atoms with Crippen LogP contribution < -0.4 is 5.32 Å². The lowest BCUT2D eigenvalue weighted by Gasteiger charge is -2.34. The van der Waals surface area contributed by atoms with E-state index < -0.39 is 5.60 Å². The topological polar surface area (TPSA) is 89.3 Å². The lowest BCUT2D eigenvalue weighted by atomic mass is 10.0. The first kappa shape index (κ1) is 20.5. The standard InChI is InChI=1S/C22H29N5O3/c1-15(2)9-20(28)26-8-7-22(13-26)14-27-19(12-30-22)18(24-25-27)11-23-21(29)17-6-4-5-16(3)10-17/h4-6,10,15H,7-9,11-14H2,1-3H3,(H,23,29). The Morgan fingerprint density at radius 3 is 2.90 bits per heavy atom. The van der Waals surface area contributed by atoms with Crippen molar-refractivity contribution in [3.63, 3.8) is 0 Å². The van der Waals surface area contributed by atoms with Crippen LogP contribution in [0.4, 0.5) is 0 Å². The number of hydrogen-bond acceptors (Lipinski definition) is 5. The highest BCUT2D eigenvalue weighted by atomic mass is 16.5. The SMILES string of the molecule is Cc1cccc(C(=O)NCc2nnn3c2COC2(CCN(C(=O)CC(C)C)C2)C3)c1. The normalized spacial score (nSPS) is 20.6. The number of carbonyl (C=O) groups excluding carboxylic acids is 2. The molecule has 0 radical (unpaired) electrons. The van der Waals surface area contributed by atoms with E-state index in [-0.39, 0.29) is 11.8 Å². The second-order valence-corrected chi connectivity index (χ2v) is 8.83. The molecule has 0 aliphatic carbocycles. The maximum absolute atomic E-state index is 12.4. The van der Waals surface area contributed by atoms with E-state index in [2.05, 4.69) is 29.5 Å². The third-order valence-corrected chi connectivity index (χ3v) is 5.82. The molecule has 1 atom stereocenters. The van der Waals surface area contributed by atoms with Gasteiger partial charge in [-0.2, -0.15) is 0 Å². The number of hydrogen-bond donors (Lipinski definition) is 1. The second-order valence-electron chi connectivity index (χ2n) is 8.83. The molecular formula is C22H29N5O3. The molecule has 8 nitrogen and oxygen atoms in total. The lowest BCUT2D eigenvalue weighted by molar-refractivity contribution is -0.134. The van der Waals surface area contributed by atoms with Crippen molar-refractivity contribution < 1.29 is 14.3 Å². The molecule has 30 heavy (non-hydrogen) atoms. The van der Waals surface area contributed by atoms with Crippen LogP contribution in [0.3, 0.4) is 0 Å². The first-order chi connectivity index (χ1) is 14.3. The molecule has 4 rings (SSSR count). The molecule has 1 aromatic carbocycles. The van der Waals surface area contributed by atoms with E-state index in [1.54, 1.807) is 6.07 Å². The van der Waals surface area contributed by atoms with Gasteiger partial charge in [-0.1, -0.05) is 36.8 Å². The minimum Gasteiger partial charge on any atom is -0.365 e. The zero-order valence-corrected chi connectivity index (χ0v) is 17.9. The van der Waals surface area contributed by atoms with Gasteiger partial charge in [0.25, 0.3) is 5.91 Å². The van der Waals surface area contributed by atoms with Crippen molar-refractivity contribution in [2.75, 3.05) is 13.1 Å². The zero-order chi connectivity index (χ0) is 21.3. The smallest absolute Gasteiger partial charge is 0.251 e. The minimum atomic E-state index is -0.393. The van der Waals surface area contributed by atoms with Gasteiger partial charge in [0.2, 0.25) is 5.91 Å². The Hall–Kier alpha value is -2.74. The molecule has 1 unspecified atom stereocenters. The summed E-state index contributed by atoms with van der Waals surface area (Å²) in [5.41, 5.74) is 2.88. The Bertz CT molecular complexity index is 954. The van der Waals surface area contributed by atoms with Gasteiger partial charge in [0.15, 0.2) is 0 Å². The molecule has 1 saturated heterocycles. The Morgan fingerprint density at radius 1 is 1.30 bits per heavy atom. The van der Waals surface area contributed by atoms with E-state index in [0.29, 0.717) is 44.1 Å². The van der Waals surface area contributed by atoms with Crippen LogP contribution in [0.1, 0.15) is 54.0 Å². The molecule has 2 aliphatic rings. The Labute approximate surface area is 176 Å². The fourth-order valence-electron chi connectivity index (χ4n) is 4.17. The number of ether oxygens (including phenoxy) is 1. The number of aromatic nitrogens is 3. The third-order valence-electron chi connectivity index (χ3n) is 5.82. The van der Waals surface area contributed by atoms with Crippen LogP contribution in [-0.4, -0.2) is 50.4 Å². The number of aryl methyl sites for hydroxylation is 1. The average Bonchev–Trinajstić information content (AvgIpc) is 3.30. The van der Waals surface area contributed by atoms with Crippen LogP contribution in [-0.2, 0) is 29.2 Å². The highest BCUT2D eigenvalue weighted by molar-refractivity contribution is 5.94. The summed E-state index contributed by atoms with van der Waals surface area (Å²) in [6.45, 7) is 8.65. The molecule has 1 fully saturated rings. The number of nitrogens with one attached hydrogen (secondary N) is 1. The zero-order valence-electron chi connectivity index (χ0n) is 17.9. The Morgan fingerprint density at radius 2 is 2.13 bits per heavy atom. The summed E-state index contributed by atoms with van der Waals surface area (Å²) in [7, 11) is 0. The van der Waals surface area contributed by atoms with Gasteiger partial charge < -0.3 is 15.0 Å². The van der Waals surface area contributed by atoms with Crippen LogP contribution in [0.15, 0.2) is 24.3 Å². The monoisotopic (exact) mass is 411 g/mol. The van der Waals surface area contributed by atoms with Gasteiger partial charge >= 0.3 is 0 Å². The van der Waals surface area contributed by atoms with E-state index in [4.69, 9.17) is 4.74 Å². The van der Waals surface area contributed by atoms with Gasteiger partial charge in [0, 0.05) is 18.5 Å². The highest BCUT2D eigenvalue weighted by Gasteiger charge is 2.44. The second kappa shape index (κ2) is 8.18. The number of carbonyl (C=O) groups is 2. The van der Waals surface area contributed by atoms with Crippen LogP contribution in [0, 0.1) is 12.8 Å². The van der Waals surface area contributed by atoms with E-state index >= 15 is 0 Å². The fraction of sp³-hybridized carbons (Fsp3) is 0.545. The van der Waals surface area contributed by atoms with Crippen LogP contribution in [0.2, 0.25) is 0 Å². The summed E-state index contributed by atoms with van der Waals surface area (Å²) in [5.74, 6) is 0.402.